The Bertz CT molecular complexity index is 2810. The third-order valence-electron chi connectivity index (χ3n) is 10.4. The molecular weight excluding hydrogens is 828 g/mol. The molecule has 0 unspecified atom stereocenters. The highest BCUT2D eigenvalue weighted by Gasteiger charge is 2.38. The first kappa shape index (κ1) is 39.2. The van der Waals surface area contributed by atoms with Crippen molar-refractivity contribution in [2.24, 2.45) is 0 Å². The molecule has 0 saturated heterocycles. The molecule has 8 aromatic carbocycles. The van der Waals surface area contributed by atoms with Crippen LogP contribution in [0.1, 0.15) is 0 Å². The molecule has 22 nitrogen and oxygen atoms in total. The van der Waals surface area contributed by atoms with E-state index in [-0.39, 0.29) is 32.9 Å². The van der Waals surface area contributed by atoms with E-state index in [1.165, 1.54) is 48.5 Å². The van der Waals surface area contributed by atoms with Crippen LogP contribution < -0.4 is 9.80 Å². The van der Waals surface area contributed by atoms with Crippen molar-refractivity contribution in [2.75, 3.05) is 9.80 Å². The van der Waals surface area contributed by atoms with Gasteiger partial charge < -0.3 is 102 Å². The van der Waals surface area contributed by atoms with E-state index in [4.69, 9.17) is 0 Å². The average Bonchev–Trinajstić information content (AvgIpc) is 3.27. The molecule has 0 aliphatic heterocycles. The Kier molecular flexibility index (Phi) is 8.20. The van der Waals surface area contributed by atoms with E-state index in [1.807, 2.05) is 0 Å². The SMILES string of the molecule is Oc1c(O)c(O)c(N(c2c(O)c(O)c(O)c(O)c2O)c2ccc3ccc4c(N(c5c(O)c(O)c(O)c(O)c5O)c5c(O)c(O)c(O)c(O)c5O)ccc5ccc2c3c54)c(O)c1O. The van der Waals surface area contributed by atoms with Crippen LogP contribution in [-0.2, 0) is 0 Å². The summed E-state index contributed by atoms with van der Waals surface area (Å²) in [6.45, 7) is 0. The number of nitrogens with zero attached hydrogens (tertiary/aromatic N) is 2. The Balaban J connectivity index is 1.54. The van der Waals surface area contributed by atoms with Gasteiger partial charge in [-0.05, 0) is 33.7 Å². The Labute approximate surface area is 341 Å². The number of benzene rings is 8. The van der Waals surface area contributed by atoms with Crippen molar-refractivity contribution < 1.29 is 102 Å². The van der Waals surface area contributed by atoms with Gasteiger partial charge in [0.1, 0.15) is 22.7 Å². The summed E-state index contributed by atoms with van der Waals surface area (Å²) < 4.78 is 0. The normalized spacial score (nSPS) is 11.5. The number of anilines is 6. The van der Waals surface area contributed by atoms with Crippen molar-refractivity contribution in [3.8, 4) is 115 Å². The summed E-state index contributed by atoms with van der Waals surface area (Å²) in [5.74, 6) is -28.7. The lowest BCUT2D eigenvalue weighted by atomic mass is 9.91. The maximum atomic E-state index is 11.2. The van der Waals surface area contributed by atoms with Crippen molar-refractivity contribution in [2.45, 2.75) is 0 Å². The van der Waals surface area contributed by atoms with Gasteiger partial charge in [0, 0.05) is 10.8 Å². The van der Waals surface area contributed by atoms with Crippen molar-refractivity contribution in [1.29, 1.82) is 0 Å². The third kappa shape index (κ3) is 4.90. The molecule has 0 fully saturated rings. The number of hydrogen-bond donors (Lipinski definition) is 20. The highest BCUT2D eigenvalue weighted by molar-refractivity contribution is 6.28. The number of rotatable bonds is 6. The van der Waals surface area contributed by atoms with Crippen LogP contribution in [0.4, 0.5) is 34.1 Å². The fourth-order valence-electron chi connectivity index (χ4n) is 7.40. The van der Waals surface area contributed by atoms with E-state index in [9.17, 15) is 102 Å². The smallest absolute Gasteiger partial charge is 0.208 e. The van der Waals surface area contributed by atoms with Gasteiger partial charge in [0.2, 0.25) is 69.0 Å². The van der Waals surface area contributed by atoms with Gasteiger partial charge in [-0.3, -0.25) is 9.80 Å². The number of phenolic OH excluding ortho intramolecular Hbond substituents is 20. The minimum absolute atomic E-state index is 0.0442. The van der Waals surface area contributed by atoms with Crippen molar-refractivity contribution in [3.05, 3.63) is 48.5 Å². The molecular formula is C40H28N2O20. The predicted molar refractivity (Wildman–Crippen MR) is 213 cm³/mol. The largest absolute Gasteiger partial charge is 0.503 e. The van der Waals surface area contributed by atoms with Crippen LogP contribution in [0.2, 0.25) is 0 Å². The van der Waals surface area contributed by atoms with Gasteiger partial charge >= 0.3 is 0 Å². The summed E-state index contributed by atoms with van der Waals surface area (Å²) in [5, 5.41) is 216. The Morgan fingerprint density at radius 1 is 0.210 bits per heavy atom. The van der Waals surface area contributed by atoms with Crippen molar-refractivity contribution >= 4 is 66.4 Å². The van der Waals surface area contributed by atoms with E-state index in [0.29, 0.717) is 20.6 Å². The molecule has 0 aromatic heterocycles. The molecule has 62 heavy (non-hydrogen) atoms. The third-order valence-corrected chi connectivity index (χ3v) is 10.4. The molecule has 0 atom stereocenters. The molecule has 0 aliphatic rings. The zero-order chi connectivity index (χ0) is 45.3. The van der Waals surface area contributed by atoms with Gasteiger partial charge in [-0.2, -0.15) is 0 Å². The van der Waals surface area contributed by atoms with Crippen LogP contribution in [0.3, 0.4) is 0 Å². The van der Waals surface area contributed by atoms with E-state index >= 15 is 0 Å². The summed E-state index contributed by atoms with van der Waals surface area (Å²) in [6.07, 6.45) is 0. The topological polar surface area (TPSA) is 411 Å². The Hall–Kier alpha value is -9.60. The van der Waals surface area contributed by atoms with Crippen LogP contribution in [0.25, 0.3) is 32.3 Å². The quantitative estimate of drug-likeness (QED) is 0.0546. The molecule has 22 heteroatoms. The summed E-state index contributed by atoms with van der Waals surface area (Å²) in [4.78, 5) is 1.00. The monoisotopic (exact) mass is 856 g/mol. The van der Waals surface area contributed by atoms with Crippen LogP contribution >= 0.6 is 0 Å². The van der Waals surface area contributed by atoms with Gasteiger partial charge in [-0.25, -0.2) is 0 Å². The predicted octanol–water partition coefficient (Wildman–Crippen LogP) is 5.64. The summed E-state index contributed by atoms with van der Waals surface area (Å²) >= 11 is 0. The summed E-state index contributed by atoms with van der Waals surface area (Å²) in [5.41, 5.74) is -5.22. The van der Waals surface area contributed by atoms with Crippen LogP contribution in [0.5, 0.6) is 115 Å². The van der Waals surface area contributed by atoms with E-state index in [0.717, 1.165) is 0 Å². The minimum atomic E-state index is -1.45. The van der Waals surface area contributed by atoms with Gasteiger partial charge in [-0.15, -0.1) is 0 Å². The molecule has 0 aliphatic carbocycles. The van der Waals surface area contributed by atoms with Crippen molar-refractivity contribution in [1.82, 2.24) is 0 Å². The molecule has 0 saturated carbocycles. The second-order valence-corrected chi connectivity index (χ2v) is 13.6. The van der Waals surface area contributed by atoms with E-state index < -0.39 is 138 Å². The highest BCUT2D eigenvalue weighted by Crippen LogP contribution is 2.66. The second-order valence-electron chi connectivity index (χ2n) is 13.6. The number of aromatic hydroxyl groups is 20. The second kappa shape index (κ2) is 13.0. The Morgan fingerprint density at radius 2 is 0.387 bits per heavy atom. The zero-order valence-electron chi connectivity index (χ0n) is 30.5. The molecule has 0 spiro atoms. The fraction of sp³-hybridized carbons (Fsp3) is 0. The van der Waals surface area contributed by atoms with Crippen molar-refractivity contribution in [3.63, 3.8) is 0 Å². The standard InChI is InChI=1S/C40H28N2O20/c43-21-17(22(44)30(52)37(59)29(21)51)41(18-23(45)31(53)38(60)32(54)24(18)46)13-8-4-10-2-6-12-14(7-3-9-1-5-11(13)16(10)15(9)12)42(19-25(47)33(55)39(61)34(56)26(19)48)20-27(49)35(57)40(62)36(58)28(20)50/h1-8,43-62H. The molecule has 0 bridgehead atoms. The first-order chi connectivity index (χ1) is 29.1. The van der Waals surface area contributed by atoms with Crippen LogP contribution in [0, 0.1) is 0 Å². The first-order valence-electron chi connectivity index (χ1n) is 17.2. The lowest BCUT2D eigenvalue weighted by Gasteiger charge is -2.31. The average molecular weight is 857 g/mol. The molecule has 0 heterocycles. The maximum Gasteiger partial charge on any atom is 0.208 e. The van der Waals surface area contributed by atoms with Crippen LogP contribution in [-0.4, -0.2) is 102 Å². The minimum Gasteiger partial charge on any atom is -0.503 e. The van der Waals surface area contributed by atoms with E-state index in [1.54, 1.807) is 0 Å². The molecule has 20 N–H and O–H groups in total. The van der Waals surface area contributed by atoms with Gasteiger partial charge in [0.15, 0.2) is 46.0 Å². The van der Waals surface area contributed by atoms with Gasteiger partial charge in [-0.1, -0.05) is 36.4 Å². The number of hydrogen-bond acceptors (Lipinski definition) is 22. The Morgan fingerprint density at radius 3 is 0.597 bits per heavy atom. The maximum absolute atomic E-state index is 11.2. The molecule has 318 valence electrons. The first-order valence-corrected chi connectivity index (χ1v) is 17.2. The number of phenols is 20. The molecule has 8 aromatic rings. The highest BCUT2D eigenvalue weighted by atomic mass is 16.4. The molecule has 0 amide bonds. The van der Waals surface area contributed by atoms with Gasteiger partial charge in [0.05, 0.1) is 11.4 Å². The van der Waals surface area contributed by atoms with Gasteiger partial charge in [0.25, 0.3) is 0 Å². The van der Waals surface area contributed by atoms with Crippen LogP contribution in [0.15, 0.2) is 48.5 Å². The molecule has 0 radical (unpaired) electrons. The zero-order valence-corrected chi connectivity index (χ0v) is 30.5. The lowest BCUT2D eigenvalue weighted by molar-refractivity contribution is 0.326. The van der Waals surface area contributed by atoms with E-state index in [2.05, 4.69) is 0 Å². The fourth-order valence-corrected chi connectivity index (χ4v) is 7.40. The summed E-state index contributed by atoms with van der Waals surface area (Å²) in [6, 6.07) is 10.8. The lowest BCUT2D eigenvalue weighted by Crippen LogP contribution is -2.13. The summed E-state index contributed by atoms with van der Waals surface area (Å²) in [7, 11) is 0. The molecule has 8 rings (SSSR count).